The number of carbonyl (C=O) groups excluding carboxylic acids is 1. The van der Waals surface area contributed by atoms with Gasteiger partial charge >= 0.3 is 0 Å². The van der Waals surface area contributed by atoms with Crippen LogP contribution in [0.15, 0.2) is 81.3 Å². The number of methoxy groups -OCH3 is 2. The quantitative estimate of drug-likeness (QED) is 0.201. The second-order valence-corrected chi connectivity index (χ2v) is 10.00. The molecule has 1 amide bonds. The zero-order chi connectivity index (χ0) is 28.2. The zero-order valence-electron chi connectivity index (χ0n) is 21.9. The SMILES string of the molecule is CCC(Oc1c(-c2ccc(OC)c(OC)c2)oc2ccccc2c1=O)C(=O)Nc1nc(-c2ccc(Cl)cc2)cs1. The van der Waals surface area contributed by atoms with Gasteiger partial charge < -0.3 is 18.6 Å². The molecule has 40 heavy (non-hydrogen) atoms. The molecule has 0 aliphatic carbocycles. The van der Waals surface area contributed by atoms with Gasteiger partial charge in [-0.3, -0.25) is 14.9 Å². The maximum Gasteiger partial charge on any atom is 0.267 e. The van der Waals surface area contributed by atoms with E-state index in [0.717, 1.165) is 5.56 Å². The summed E-state index contributed by atoms with van der Waals surface area (Å²) in [7, 11) is 3.05. The molecule has 2 heterocycles. The normalized spacial score (nSPS) is 11.7. The van der Waals surface area contributed by atoms with Crippen molar-refractivity contribution in [3.05, 3.63) is 87.4 Å². The largest absolute Gasteiger partial charge is 0.493 e. The number of carbonyl (C=O) groups is 1. The minimum absolute atomic E-state index is 0.0751. The number of aromatic nitrogens is 1. The molecular formula is C30H25ClN2O6S. The second kappa shape index (κ2) is 11.8. The maximum atomic E-state index is 13.6. The topological polar surface area (TPSA) is 99.9 Å². The van der Waals surface area contributed by atoms with Gasteiger partial charge in [-0.2, -0.15) is 0 Å². The molecule has 0 radical (unpaired) electrons. The predicted octanol–water partition coefficient (Wildman–Crippen LogP) is 7.05. The van der Waals surface area contributed by atoms with Crippen molar-refractivity contribution in [2.24, 2.45) is 0 Å². The number of anilines is 1. The molecule has 204 valence electrons. The molecule has 0 bridgehead atoms. The molecule has 2 aromatic heterocycles. The first-order valence-electron chi connectivity index (χ1n) is 12.4. The van der Waals surface area contributed by atoms with Gasteiger partial charge in [0.25, 0.3) is 5.91 Å². The Hall–Kier alpha value is -4.34. The van der Waals surface area contributed by atoms with Gasteiger partial charge in [0.2, 0.25) is 11.2 Å². The van der Waals surface area contributed by atoms with Gasteiger partial charge in [-0.25, -0.2) is 4.98 Å². The number of para-hydroxylation sites is 1. The van der Waals surface area contributed by atoms with Crippen molar-refractivity contribution < 1.29 is 23.4 Å². The minimum atomic E-state index is -0.995. The third-order valence-electron chi connectivity index (χ3n) is 6.20. The summed E-state index contributed by atoms with van der Waals surface area (Å²) >= 11 is 7.27. The van der Waals surface area contributed by atoms with Gasteiger partial charge in [-0.15, -0.1) is 11.3 Å². The Kier molecular flexibility index (Phi) is 8.04. The predicted molar refractivity (Wildman–Crippen MR) is 157 cm³/mol. The van der Waals surface area contributed by atoms with E-state index in [1.54, 1.807) is 61.5 Å². The van der Waals surface area contributed by atoms with Gasteiger partial charge in [0.1, 0.15) is 5.58 Å². The van der Waals surface area contributed by atoms with Gasteiger partial charge in [0.05, 0.1) is 25.3 Å². The Bertz CT molecular complexity index is 1730. The molecule has 0 saturated carbocycles. The van der Waals surface area contributed by atoms with E-state index in [4.69, 9.17) is 30.2 Å². The van der Waals surface area contributed by atoms with Gasteiger partial charge in [0.15, 0.2) is 28.5 Å². The summed E-state index contributed by atoms with van der Waals surface area (Å²) in [6.45, 7) is 1.80. The molecule has 0 aliphatic heterocycles. The molecule has 1 atom stereocenters. The first-order chi connectivity index (χ1) is 19.4. The Labute approximate surface area is 239 Å². The Morgan fingerprint density at radius 2 is 1.75 bits per heavy atom. The van der Waals surface area contributed by atoms with E-state index in [-0.39, 0.29) is 11.5 Å². The smallest absolute Gasteiger partial charge is 0.267 e. The molecule has 10 heteroatoms. The van der Waals surface area contributed by atoms with Crippen molar-refractivity contribution >= 4 is 44.9 Å². The van der Waals surface area contributed by atoms with Crippen LogP contribution in [0.1, 0.15) is 13.3 Å². The van der Waals surface area contributed by atoms with Crippen LogP contribution in [-0.4, -0.2) is 31.2 Å². The van der Waals surface area contributed by atoms with E-state index >= 15 is 0 Å². The van der Waals surface area contributed by atoms with Crippen LogP contribution in [-0.2, 0) is 4.79 Å². The van der Waals surface area contributed by atoms with Crippen molar-refractivity contribution in [1.82, 2.24) is 4.98 Å². The molecule has 0 fully saturated rings. The number of amides is 1. The van der Waals surface area contributed by atoms with Crippen LogP contribution in [0.3, 0.4) is 0 Å². The summed E-state index contributed by atoms with van der Waals surface area (Å²) in [6.07, 6.45) is -0.704. The number of benzene rings is 3. The molecule has 1 N–H and O–H groups in total. The van der Waals surface area contributed by atoms with Crippen molar-refractivity contribution in [3.63, 3.8) is 0 Å². The highest BCUT2D eigenvalue weighted by Crippen LogP contribution is 2.37. The summed E-state index contributed by atoms with van der Waals surface area (Å²) in [5.74, 6) is 0.630. The van der Waals surface area contributed by atoms with Crippen LogP contribution in [0, 0.1) is 0 Å². The van der Waals surface area contributed by atoms with Crippen LogP contribution < -0.4 is 25.0 Å². The number of rotatable bonds is 9. The second-order valence-electron chi connectivity index (χ2n) is 8.70. The molecule has 5 aromatic rings. The van der Waals surface area contributed by atoms with Gasteiger partial charge in [-0.05, 0) is 48.9 Å². The maximum absolute atomic E-state index is 13.6. The van der Waals surface area contributed by atoms with E-state index in [1.807, 2.05) is 17.5 Å². The average molecular weight is 577 g/mol. The fourth-order valence-electron chi connectivity index (χ4n) is 4.13. The summed E-state index contributed by atoms with van der Waals surface area (Å²) < 4.78 is 23.1. The lowest BCUT2D eigenvalue weighted by atomic mass is 10.1. The van der Waals surface area contributed by atoms with E-state index in [1.165, 1.54) is 25.6 Å². The number of halogens is 1. The van der Waals surface area contributed by atoms with E-state index < -0.39 is 17.4 Å². The lowest BCUT2D eigenvalue weighted by Gasteiger charge is -2.18. The van der Waals surface area contributed by atoms with E-state index in [0.29, 0.717) is 50.3 Å². The lowest BCUT2D eigenvalue weighted by molar-refractivity contribution is -0.122. The molecular weight excluding hydrogens is 552 g/mol. The molecule has 3 aromatic carbocycles. The van der Waals surface area contributed by atoms with Crippen molar-refractivity contribution in [2.75, 3.05) is 19.5 Å². The molecule has 8 nitrogen and oxygen atoms in total. The number of ether oxygens (including phenoxy) is 3. The first-order valence-corrected chi connectivity index (χ1v) is 13.6. The number of hydrogen-bond acceptors (Lipinski definition) is 8. The Morgan fingerprint density at radius 1 is 1.02 bits per heavy atom. The number of nitrogens with zero attached hydrogens (tertiary/aromatic N) is 1. The van der Waals surface area contributed by atoms with Crippen LogP contribution in [0.2, 0.25) is 5.02 Å². The van der Waals surface area contributed by atoms with Crippen LogP contribution in [0.5, 0.6) is 17.2 Å². The summed E-state index contributed by atoms with van der Waals surface area (Å²) in [4.78, 5) is 31.4. The molecule has 0 spiro atoms. The highest BCUT2D eigenvalue weighted by atomic mass is 35.5. The van der Waals surface area contributed by atoms with Crippen LogP contribution >= 0.6 is 22.9 Å². The number of nitrogens with one attached hydrogen (secondary N) is 1. The molecule has 0 aliphatic rings. The molecule has 1 unspecified atom stereocenters. The van der Waals surface area contributed by atoms with Crippen LogP contribution in [0.4, 0.5) is 5.13 Å². The Morgan fingerprint density at radius 3 is 2.48 bits per heavy atom. The van der Waals surface area contributed by atoms with Crippen molar-refractivity contribution in [2.45, 2.75) is 19.4 Å². The average Bonchev–Trinajstić information content (AvgIpc) is 3.44. The number of thiazole rings is 1. The standard InChI is InChI=1S/C30H25ClN2O6S/c1-4-22(29(35)33-30-32-21(16-40-30)17-9-12-19(31)13-10-17)38-28-26(34)20-7-5-6-8-23(20)39-27(28)18-11-14-24(36-2)25(15-18)37-3/h5-16,22H,4H2,1-3H3,(H,32,33,35). The third-order valence-corrected chi connectivity index (χ3v) is 7.21. The lowest BCUT2D eigenvalue weighted by Crippen LogP contribution is -2.34. The summed E-state index contributed by atoms with van der Waals surface area (Å²) in [5.41, 5.74) is 2.10. The minimum Gasteiger partial charge on any atom is -0.493 e. The monoisotopic (exact) mass is 576 g/mol. The third kappa shape index (κ3) is 5.52. The fraction of sp³-hybridized carbons (Fsp3) is 0.167. The zero-order valence-corrected chi connectivity index (χ0v) is 23.5. The first kappa shape index (κ1) is 27.2. The summed E-state index contributed by atoms with van der Waals surface area (Å²) in [6, 6.07) is 19.3. The van der Waals surface area contributed by atoms with E-state index in [9.17, 15) is 9.59 Å². The van der Waals surface area contributed by atoms with Crippen LogP contribution in [0.25, 0.3) is 33.6 Å². The highest BCUT2D eigenvalue weighted by molar-refractivity contribution is 7.14. The highest BCUT2D eigenvalue weighted by Gasteiger charge is 2.26. The van der Waals surface area contributed by atoms with Gasteiger partial charge in [0, 0.05) is 21.5 Å². The molecule has 0 saturated heterocycles. The van der Waals surface area contributed by atoms with Gasteiger partial charge in [-0.1, -0.05) is 42.8 Å². The number of hydrogen-bond donors (Lipinski definition) is 1. The number of fused-ring (bicyclic) bond motifs is 1. The Balaban J connectivity index is 1.48. The fourth-order valence-corrected chi connectivity index (χ4v) is 4.98. The van der Waals surface area contributed by atoms with Crippen molar-refractivity contribution in [3.8, 4) is 39.8 Å². The molecule has 5 rings (SSSR count). The summed E-state index contributed by atoms with van der Waals surface area (Å²) in [5, 5.41) is 6.02. The van der Waals surface area contributed by atoms with E-state index in [2.05, 4.69) is 10.3 Å². The van der Waals surface area contributed by atoms with Crippen molar-refractivity contribution in [1.29, 1.82) is 0 Å².